The van der Waals surface area contributed by atoms with E-state index in [1.165, 1.54) is 6.20 Å². The highest BCUT2D eigenvalue weighted by atomic mass is 35.5. The molecule has 0 spiro atoms. The molecule has 2 unspecified atom stereocenters. The van der Waals surface area contributed by atoms with E-state index in [1.807, 2.05) is 0 Å². The molecule has 1 aromatic rings. The van der Waals surface area contributed by atoms with E-state index in [1.54, 1.807) is 11.2 Å². The highest BCUT2D eigenvalue weighted by molar-refractivity contribution is 7.87. The molecule has 1 aliphatic heterocycles. The van der Waals surface area contributed by atoms with Crippen LogP contribution >= 0.6 is 23.2 Å². The molecule has 1 saturated heterocycles. The van der Waals surface area contributed by atoms with Crippen LogP contribution in [0.2, 0.25) is 10.3 Å². The maximum absolute atomic E-state index is 12.1. The van der Waals surface area contributed by atoms with Crippen molar-refractivity contribution in [1.82, 2.24) is 19.0 Å². The van der Waals surface area contributed by atoms with Crippen molar-refractivity contribution < 1.29 is 8.42 Å². The summed E-state index contributed by atoms with van der Waals surface area (Å²) >= 11 is 11.9. The van der Waals surface area contributed by atoms with Crippen molar-refractivity contribution in [3.63, 3.8) is 0 Å². The molecule has 2 aliphatic rings. The highest BCUT2D eigenvalue weighted by Gasteiger charge is 2.44. The minimum absolute atomic E-state index is 0.151. The third-order valence-electron chi connectivity index (χ3n) is 4.44. The Labute approximate surface area is 146 Å². The molecule has 128 valence electrons. The van der Waals surface area contributed by atoms with Crippen molar-refractivity contribution in [3.05, 3.63) is 16.5 Å². The van der Waals surface area contributed by atoms with Gasteiger partial charge in [0.1, 0.15) is 10.8 Å². The van der Waals surface area contributed by atoms with Crippen LogP contribution in [0.4, 0.5) is 5.82 Å². The summed E-state index contributed by atoms with van der Waals surface area (Å²) in [4.78, 5) is 7.93. The Bertz CT molecular complexity index is 673. The number of anilines is 1. The van der Waals surface area contributed by atoms with Crippen molar-refractivity contribution in [2.45, 2.75) is 25.8 Å². The Morgan fingerprint density at radius 1 is 1.30 bits per heavy atom. The fraction of sp³-hybridized carbons (Fsp3) is 0.692. The number of fused-ring (bicyclic) bond motifs is 1. The standard InChI is InChI=1S/C13H19Cl2N5O2S/c1-2-17-23(21,22)20-6-8-3-10(4-9(8)7-20)18-12-11(14)5-16-13(15)19-12/h5,8-10,17H,2-4,6-7H2,1H3,(H,16,18,19). The second-order valence-electron chi connectivity index (χ2n) is 5.99. The minimum Gasteiger partial charge on any atom is -0.366 e. The molecule has 1 saturated carbocycles. The maximum atomic E-state index is 12.1. The van der Waals surface area contributed by atoms with Crippen LogP contribution in [0.1, 0.15) is 19.8 Å². The fourth-order valence-electron chi connectivity index (χ4n) is 3.48. The molecule has 0 aromatic carbocycles. The molecule has 2 fully saturated rings. The van der Waals surface area contributed by atoms with Gasteiger partial charge in [0.25, 0.3) is 10.2 Å². The Hall–Kier alpha value is -0.670. The van der Waals surface area contributed by atoms with E-state index >= 15 is 0 Å². The second-order valence-corrected chi connectivity index (χ2v) is 8.49. The van der Waals surface area contributed by atoms with E-state index in [4.69, 9.17) is 23.2 Å². The van der Waals surface area contributed by atoms with Gasteiger partial charge < -0.3 is 5.32 Å². The lowest BCUT2D eigenvalue weighted by molar-refractivity contribution is 0.432. The first kappa shape index (κ1) is 17.2. The molecule has 2 N–H and O–H groups in total. The number of hydrogen-bond acceptors (Lipinski definition) is 5. The number of hydrogen-bond donors (Lipinski definition) is 2. The lowest BCUT2D eigenvalue weighted by Gasteiger charge is -2.20. The van der Waals surface area contributed by atoms with Gasteiger partial charge in [-0.05, 0) is 36.3 Å². The summed E-state index contributed by atoms with van der Waals surface area (Å²) in [6.07, 6.45) is 3.25. The van der Waals surface area contributed by atoms with Gasteiger partial charge in [-0.1, -0.05) is 18.5 Å². The molecule has 2 heterocycles. The van der Waals surface area contributed by atoms with E-state index in [2.05, 4.69) is 20.0 Å². The molecule has 1 aromatic heterocycles. The summed E-state index contributed by atoms with van der Waals surface area (Å²) in [5, 5.41) is 3.89. The molecule has 0 amide bonds. The third kappa shape index (κ3) is 3.71. The summed E-state index contributed by atoms with van der Waals surface area (Å²) in [7, 11) is -3.34. The number of nitrogens with zero attached hydrogens (tertiary/aromatic N) is 3. The minimum atomic E-state index is -3.34. The van der Waals surface area contributed by atoms with Gasteiger partial charge in [0.05, 0.1) is 6.20 Å². The zero-order valence-corrected chi connectivity index (χ0v) is 15.0. The smallest absolute Gasteiger partial charge is 0.279 e. The summed E-state index contributed by atoms with van der Waals surface area (Å²) in [6, 6.07) is 0.220. The van der Waals surface area contributed by atoms with E-state index in [0.29, 0.717) is 42.3 Å². The van der Waals surface area contributed by atoms with Crippen LogP contribution in [0.15, 0.2) is 6.20 Å². The third-order valence-corrected chi connectivity index (χ3v) is 6.53. The van der Waals surface area contributed by atoms with Gasteiger partial charge in [0.2, 0.25) is 5.28 Å². The predicted octanol–water partition coefficient (Wildman–Crippen LogP) is 1.76. The van der Waals surface area contributed by atoms with Crippen LogP contribution in [0, 0.1) is 11.8 Å². The van der Waals surface area contributed by atoms with Crippen LogP contribution in [-0.2, 0) is 10.2 Å². The molecule has 10 heteroatoms. The first-order valence-electron chi connectivity index (χ1n) is 7.58. The van der Waals surface area contributed by atoms with E-state index < -0.39 is 10.2 Å². The second kappa shape index (κ2) is 6.68. The van der Waals surface area contributed by atoms with E-state index in [9.17, 15) is 8.42 Å². The summed E-state index contributed by atoms with van der Waals surface area (Å²) in [5.41, 5.74) is 0. The van der Waals surface area contributed by atoms with Gasteiger partial charge in [0.15, 0.2) is 0 Å². The summed E-state index contributed by atoms with van der Waals surface area (Å²) in [5.74, 6) is 1.25. The quantitative estimate of drug-likeness (QED) is 0.761. The first-order valence-corrected chi connectivity index (χ1v) is 9.78. The van der Waals surface area contributed by atoms with E-state index in [-0.39, 0.29) is 11.3 Å². The Morgan fingerprint density at radius 2 is 1.96 bits per heavy atom. The largest absolute Gasteiger partial charge is 0.366 e. The molecule has 2 atom stereocenters. The Morgan fingerprint density at radius 3 is 2.57 bits per heavy atom. The van der Waals surface area contributed by atoms with Gasteiger partial charge in [-0.15, -0.1) is 0 Å². The van der Waals surface area contributed by atoms with Gasteiger partial charge in [-0.2, -0.15) is 17.7 Å². The Balaban J connectivity index is 1.61. The van der Waals surface area contributed by atoms with E-state index in [0.717, 1.165) is 12.8 Å². The number of nitrogens with one attached hydrogen (secondary N) is 2. The van der Waals surface area contributed by atoms with Crippen LogP contribution < -0.4 is 10.0 Å². The molecule has 23 heavy (non-hydrogen) atoms. The molecular formula is C13H19Cl2N5O2S. The highest BCUT2D eigenvalue weighted by Crippen LogP contribution is 2.40. The van der Waals surface area contributed by atoms with Crippen molar-refractivity contribution in [2.75, 3.05) is 25.0 Å². The monoisotopic (exact) mass is 379 g/mol. The van der Waals surface area contributed by atoms with Gasteiger partial charge in [-0.3, -0.25) is 0 Å². The SMILES string of the molecule is CCNS(=O)(=O)N1CC2CC(Nc3nc(Cl)ncc3Cl)CC2C1. The molecule has 0 radical (unpaired) electrons. The number of halogens is 2. The van der Waals surface area contributed by atoms with Crippen molar-refractivity contribution in [2.24, 2.45) is 11.8 Å². The molecule has 7 nitrogen and oxygen atoms in total. The van der Waals surface area contributed by atoms with Crippen LogP contribution in [-0.4, -0.2) is 48.4 Å². The zero-order chi connectivity index (χ0) is 16.6. The fourth-order valence-corrected chi connectivity index (χ4v) is 5.09. The Kier molecular flexibility index (Phi) is 4.98. The van der Waals surface area contributed by atoms with Crippen LogP contribution in [0.25, 0.3) is 0 Å². The number of rotatable bonds is 5. The average molecular weight is 380 g/mol. The summed E-state index contributed by atoms with van der Waals surface area (Å²) in [6.45, 7) is 3.32. The van der Waals surface area contributed by atoms with Crippen molar-refractivity contribution in [3.8, 4) is 0 Å². The van der Waals surface area contributed by atoms with Crippen LogP contribution in [0.5, 0.6) is 0 Å². The lowest BCUT2D eigenvalue weighted by Crippen LogP contribution is -2.40. The molecular weight excluding hydrogens is 361 g/mol. The molecule has 1 aliphatic carbocycles. The molecule has 0 bridgehead atoms. The van der Waals surface area contributed by atoms with Gasteiger partial charge in [-0.25, -0.2) is 9.71 Å². The summed E-state index contributed by atoms with van der Waals surface area (Å²) < 4.78 is 28.2. The lowest BCUT2D eigenvalue weighted by atomic mass is 10.0. The predicted molar refractivity (Wildman–Crippen MR) is 89.8 cm³/mol. The van der Waals surface area contributed by atoms with Gasteiger partial charge in [0, 0.05) is 25.7 Å². The average Bonchev–Trinajstić information content (AvgIpc) is 3.01. The maximum Gasteiger partial charge on any atom is 0.279 e. The van der Waals surface area contributed by atoms with Crippen molar-refractivity contribution >= 4 is 39.2 Å². The number of aromatic nitrogens is 2. The van der Waals surface area contributed by atoms with Gasteiger partial charge >= 0.3 is 0 Å². The van der Waals surface area contributed by atoms with Crippen molar-refractivity contribution in [1.29, 1.82) is 0 Å². The van der Waals surface area contributed by atoms with Crippen LogP contribution in [0.3, 0.4) is 0 Å². The zero-order valence-electron chi connectivity index (χ0n) is 12.7. The topological polar surface area (TPSA) is 87.2 Å². The normalized spacial score (nSPS) is 28.0. The molecule has 3 rings (SSSR count). The first-order chi connectivity index (χ1) is 10.9.